The fraction of sp³-hybridized carbons (Fsp3) is 0.909. The second-order valence-corrected chi connectivity index (χ2v) is 10.1. The minimum Gasteiger partial charge on any atom is -0.463 e. The van der Waals surface area contributed by atoms with Crippen LogP contribution in [-0.2, 0) is 9.53 Å². The van der Waals surface area contributed by atoms with Gasteiger partial charge in [-0.05, 0) is 85.9 Å². The number of esters is 1. The highest BCUT2D eigenvalue weighted by Crippen LogP contribution is 2.67. The maximum Gasteiger partial charge on any atom is 0.302 e. The van der Waals surface area contributed by atoms with Gasteiger partial charge in [0.25, 0.3) is 0 Å². The fourth-order valence-corrected chi connectivity index (χ4v) is 7.90. The van der Waals surface area contributed by atoms with E-state index in [1.54, 1.807) is 0 Å². The molecule has 4 heteroatoms. The van der Waals surface area contributed by atoms with Crippen molar-refractivity contribution in [2.45, 2.75) is 84.3 Å². The summed E-state index contributed by atoms with van der Waals surface area (Å²) < 4.78 is 5.52. The molecule has 4 nitrogen and oxygen atoms in total. The van der Waals surface area contributed by atoms with Crippen LogP contribution in [0.4, 0.5) is 0 Å². The average molecular weight is 360 g/mol. The van der Waals surface area contributed by atoms with Gasteiger partial charge in [-0.1, -0.05) is 13.8 Å². The zero-order chi connectivity index (χ0) is 18.7. The lowest BCUT2D eigenvalue weighted by Crippen LogP contribution is -2.59. The summed E-state index contributed by atoms with van der Waals surface area (Å²) in [5.74, 6) is 1.95. The van der Waals surface area contributed by atoms with E-state index in [1.807, 2.05) is 0 Å². The normalized spacial score (nSPS) is 53.0. The van der Waals surface area contributed by atoms with E-state index in [2.05, 4.69) is 19.9 Å². The molecule has 0 amide bonds. The van der Waals surface area contributed by atoms with Gasteiger partial charge in [0.1, 0.15) is 6.10 Å². The minimum atomic E-state index is -0.298. The van der Waals surface area contributed by atoms with Gasteiger partial charge in [-0.3, -0.25) is 4.79 Å². The van der Waals surface area contributed by atoms with Gasteiger partial charge in [-0.15, -0.1) is 0 Å². The van der Waals surface area contributed by atoms with E-state index in [4.69, 9.17) is 4.74 Å². The molecular formula is C22H33NO3. The highest BCUT2D eigenvalue weighted by molar-refractivity contribution is 5.66. The van der Waals surface area contributed by atoms with Crippen LogP contribution in [0.3, 0.4) is 0 Å². The molecule has 0 aliphatic heterocycles. The van der Waals surface area contributed by atoms with Gasteiger partial charge in [-0.2, -0.15) is 5.26 Å². The molecule has 0 aromatic heterocycles. The number of ether oxygens (including phenoxy) is 1. The molecule has 4 saturated carbocycles. The fourth-order valence-electron chi connectivity index (χ4n) is 7.90. The number of carbonyl (C=O) groups excluding carboxylic acids is 1. The highest BCUT2D eigenvalue weighted by Gasteiger charge is 2.63. The van der Waals surface area contributed by atoms with Gasteiger partial charge >= 0.3 is 5.97 Å². The number of aliphatic hydroxyl groups is 1. The van der Waals surface area contributed by atoms with Crippen LogP contribution in [0.5, 0.6) is 0 Å². The lowest BCUT2D eigenvalue weighted by Gasteiger charge is -2.62. The van der Waals surface area contributed by atoms with Crippen molar-refractivity contribution in [2.75, 3.05) is 0 Å². The standard InChI is InChI=1S/C22H33NO3/c1-13(24)26-16-8-9-21(2)14(10-16)4-6-17-18-7-5-15(12-23)22(18,3)11-19(25)20(17)21/h14-20,25H,4-11H2,1-3H3/t14?,15?,16?,17-,18-,19?,20-,21-,22+/m0/s1. The Morgan fingerprint density at radius 1 is 1.15 bits per heavy atom. The Balaban J connectivity index is 1.59. The van der Waals surface area contributed by atoms with Crippen LogP contribution in [0.1, 0.15) is 72.1 Å². The Morgan fingerprint density at radius 3 is 2.62 bits per heavy atom. The van der Waals surface area contributed by atoms with Crippen molar-refractivity contribution in [2.24, 2.45) is 40.4 Å². The van der Waals surface area contributed by atoms with Crippen molar-refractivity contribution in [3.05, 3.63) is 0 Å². The molecule has 4 unspecified atom stereocenters. The zero-order valence-electron chi connectivity index (χ0n) is 16.4. The molecule has 4 aliphatic rings. The maximum atomic E-state index is 11.4. The van der Waals surface area contributed by atoms with Crippen LogP contribution in [0.25, 0.3) is 0 Å². The molecule has 1 N–H and O–H groups in total. The van der Waals surface area contributed by atoms with E-state index >= 15 is 0 Å². The summed E-state index contributed by atoms with van der Waals surface area (Å²) >= 11 is 0. The van der Waals surface area contributed by atoms with Crippen LogP contribution >= 0.6 is 0 Å². The molecule has 0 heterocycles. The monoisotopic (exact) mass is 359 g/mol. The van der Waals surface area contributed by atoms with E-state index in [0.29, 0.717) is 23.7 Å². The first-order valence-corrected chi connectivity index (χ1v) is 10.5. The molecule has 4 rings (SSSR count). The molecule has 0 spiro atoms. The number of nitrogens with zero attached hydrogens (tertiary/aromatic N) is 1. The molecule has 0 saturated heterocycles. The Hall–Kier alpha value is -1.08. The van der Waals surface area contributed by atoms with E-state index in [9.17, 15) is 15.2 Å². The molecule has 0 aromatic carbocycles. The van der Waals surface area contributed by atoms with Crippen molar-refractivity contribution >= 4 is 5.97 Å². The highest BCUT2D eigenvalue weighted by atomic mass is 16.5. The summed E-state index contributed by atoms with van der Waals surface area (Å²) in [5, 5.41) is 20.9. The molecule has 0 aromatic rings. The SMILES string of the molecule is CC(=O)OC1CC[C@@]2(C)C(CC[C@@H]3[C@H]2C(O)C[C@]2(C)C(C#N)CC[C@@H]32)C1. The second-order valence-electron chi connectivity index (χ2n) is 10.1. The lowest BCUT2D eigenvalue weighted by molar-refractivity contribution is -0.182. The Labute approximate surface area is 157 Å². The summed E-state index contributed by atoms with van der Waals surface area (Å²) in [4.78, 5) is 11.4. The minimum absolute atomic E-state index is 0.00648. The predicted octanol–water partition coefficient (Wildman–Crippen LogP) is 4.07. The smallest absolute Gasteiger partial charge is 0.302 e. The molecule has 0 bridgehead atoms. The molecule has 4 aliphatic carbocycles. The van der Waals surface area contributed by atoms with Gasteiger partial charge in [-0.25, -0.2) is 0 Å². The van der Waals surface area contributed by atoms with Crippen LogP contribution in [0, 0.1) is 51.8 Å². The van der Waals surface area contributed by atoms with Crippen molar-refractivity contribution in [1.29, 1.82) is 5.26 Å². The lowest BCUT2D eigenvalue weighted by atomic mass is 9.44. The first-order chi connectivity index (χ1) is 12.3. The van der Waals surface area contributed by atoms with Crippen molar-refractivity contribution in [3.8, 4) is 6.07 Å². The summed E-state index contributed by atoms with van der Waals surface area (Å²) in [7, 11) is 0. The molecule has 26 heavy (non-hydrogen) atoms. The Kier molecular flexibility index (Phi) is 4.38. The molecular weight excluding hydrogens is 326 g/mol. The largest absolute Gasteiger partial charge is 0.463 e. The molecule has 9 atom stereocenters. The van der Waals surface area contributed by atoms with Crippen LogP contribution in [-0.4, -0.2) is 23.3 Å². The van der Waals surface area contributed by atoms with Crippen LogP contribution in [0.15, 0.2) is 0 Å². The Bertz CT molecular complexity index is 627. The zero-order valence-corrected chi connectivity index (χ0v) is 16.4. The number of nitriles is 1. The molecule has 4 fully saturated rings. The third-order valence-corrected chi connectivity index (χ3v) is 9.03. The maximum absolute atomic E-state index is 11.4. The first-order valence-electron chi connectivity index (χ1n) is 10.5. The predicted molar refractivity (Wildman–Crippen MR) is 97.8 cm³/mol. The summed E-state index contributed by atoms with van der Waals surface area (Å²) in [6, 6.07) is 2.55. The number of fused-ring (bicyclic) bond motifs is 5. The van der Waals surface area contributed by atoms with Gasteiger partial charge < -0.3 is 9.84 Å². The number of carbonyl (C=O) groups is 1. The van der Waals surface area contributed by atoms with E-state index in [-0.39, 0.29) is 34.9 Å². The number of rotatable bonds is 1. The quantitative estimate of drug-likeness (QED) is 0.716. The van der Waals surface area contributed by atoms with Crippen molar-refractivity contribution in [3.63, 3.8) is 0 Å². The van der Waals surface area contributed by atoms with E-state index in [0.717, 1.165) is 44.9 Å². The van der Waals surface area contributed by atoms with E-state index < -0.39 is 0 Å². The van der Waals surface area contributed by atoms with E-state index in [1.165, 1.54) is 13.3 Å². The Morgan fingerprint density at radius 2 is 1.92 bits per heavy atom. The molecule has 0 radical (unpaired) electrons. The number of hydrogen-bond acceptors (Lipinski definition) is 4. The number of aliphatic hydroxyl groups excluding tert-OH is 1. The van der Waals surface area contributed by atoms with Crippen molar-refractivity contribution in [1.82, 2.24) is 0 Å². The summed E-state index contributed by atoms with van der Waals surface area (Å²) in [5.41, 5.74) is 0.137. The number of hydrogen-bond donors (Lipinski definition) is 1. The van der Waals surface area contributed by atoms with Gasteiger partial charge in [0.05, 0.1) is 18.1 Å². The average Bonchev–Trinajstić information content (AvgIpc) is 2.90. The third-order valence-electron chi connectivity index (χ3n) is 9.03. The van der Waals surface area contributed by atoms with Crippen molar-refractivity contribution < 1.29 is 14.6 Å². The van der Waals surface area contributed by atoms with Gasteiger partial charge in [0.2, 0.25) is 0 Å². The van der Waals surface area contributed by atoms with Gasteiger partial charge in [0.15, 0.2) is 0 Å². The van der Waals surface area contributed by atoms with Crippen LogP contribution < -0.4 is 0 Å². The second kappa shape index (κ2) is 6.23. The van der Waals surface area contributed by atoms with Crippen LogP contribution in [0.2, 0.25) is 0 Å². The summed E-state index contributed by atoms with van der Waals surface area (Å²) in [6.07, 6.45) is 7.95. The topological polar surface area (TPSA) is 70.3 Å². The third kappa shape index (κ3) is 2.53. The first kappa shape index (κ1) is 18.3. The molecule has 144 valence electrons. The van der Waals surface area contributed by atoms with Gasteiger partial charge in [0, 0.05) is 6.92 Å². The summed E-state index contributed by atoms with van der Waals surface area (Å²) in [6.45, 7) is 6.16.